The molecule has 0 aliphatic heterocycles. The van der Waals surface area contributed by atoms with Crippen molar-refractivity contribution < 1.29 is 17.9 Å². The molecule has 0 spiro atoms. The Bertz CT molecular complexity index is 1100. The largest absolute Gasteiger partial charge is 0.459 e. The number of esters is 1. The predicted octanol–water partition coefficient (Wildman–Crippen LogP) is 3.61. The smallest absolute Gasteiger partial charge is 0.307 e. The first-order valence-corrected chi connectivity index (χ1v) is 10.5. The summed E-state index contributed by atoms with van der Waals surface area (Å²) < 4.78 is 31.8. The number of nitrogens with one attached hydrogen (secondary N) is 1. The van der Waals surface area contributed by atoms with Crippen molar-refractivity contribution in [3.05, 3.63) is 70.9 Å². The van der Waals surface area contributed by atoms with Gasteiger partial charge in [0, 0.05) is 11.9 Å². The highest BCUT2D eigenvalue weighted by Crippen LogP contribution is 2.27. The zero-order valence-corrected chi connectivity index (χ0v) is 16.8. The fraction of sp³-hybridized carbons (Fsp3) is 0.200. The number of hydrogen-bond donors (Lipinski definition) is 1. The van der Waals surface area contributed by atoms with Gasteiger partial charge in [-0.05, 0) is 30.7 Å². The number of ether oxygens (including phenoxy) is 1. The number of nitrogens with zero attached hydrogens (tertiary/aromatic N) is 1. The molecule has 6 nitrogen and oxygen atoms in total. The summed E-state index contributed by atoms with van der Waals surface area (Å²) in [5.74, 6) is -0.542. The van der Waals surface area contributed by atoms with Crippen LogP contribution < -0.4 is 4.72 Å². The summed E-state index contributed by atoms with van der Waals surface area (Å²) in [6.45, 7) is 1.75. The number of hydrogen-bond acceptors (Lipinski definition) is 5. The molecule has 0 aliphatic carbocycles. The Hall–Kier alpha value is -2.48. The van der Waals surface area contributed by atoms with Crippen molar-refractivity contribution in [2.45, 2.75) is 24.8 Å². The molecule has 146 valence electrons. The van der Waals surface area contributed by atoms with Crippen LogP contribution in [0.25, 0.3) is 10.9 Å². The molecule has 0 aliphatic rings. The Balaban J connectivity index is 1.56. The summed E-state index contributed by atoms with van der Waals surface area (Å²) in [5, 5.41) is 1.40. The number of para-hydroxylation sites is 1. The number of carbonyl (C=O) groups excluding carboxylic acids is 1. The van der Waals surface area contributed by atoms with Crippen LogP contribution in [0.5, 0.6) is 0 Å². The minimum atomic E-state index is -3.65. The van der Waals surface area contributed by atoms with Crippen LogP contribution in [0.2, 0.25) is 5.02 Å². The normalized spacial score (nSPS) is 11.5. The quantitative estimate of drug-likeness (QED) is 0.592. The first-order chi connectivity index (χ1) is 13.4. The second-order valence-corrected chi connectivity index (χ2v) is 8.28. The Kier molecular flexibility index (Phi) is 6.28. The third kappa shape index (κ3) is 4.67. The molecular formula is C20H19ClN2O4S. The first kappa shape index (κ1) is 20.3. The molecule has 0 fully saturated rings. The Labute approximate surface area is 168 Å². The summed E-state index contributed by atoms with van der Waals surface area (Å²) in [6.07, 6.45) is -0.101. The zero-order chi connectivity index (χ0) is 20.1. The maximum Gasteiger partial charge on any atom is 0.307 e. The van der Waals surface area contributed by atoms with Gasteiger partial charge in [-0.15, -0.1) is 0 Å². The molecule has 0 amide bonds. The number of carbonyl (C=O) groups is 1. The van der Waals surface area contributed by atoms with Gasteiger partial charge in [0.05, 0.1) is 27.5 Å². The molecule has 0 radical (unpaired) electrons. The van der Waals surface area contributed by atoms with Crippen LogP contribution in [0, 0.1) is 6.92 Å². The van der Waals surface area contributed by atoms with Gasteiger partial charge in [-0.2, -0.15) is 0 Å². The van der Waals surface area contributed by atoms with Crippen LogP contribution in [0.1, 0.15) is 17.7 Å². The number of benzene rings is 2. The van der Waals surface area contributed by atoms with Gasteiger partial charge in [0.15, 0.2) is 0 Å². The van der Waals surface area contributed by atoms with E-state index in [1.807, 2.05) is 31.2 Å². The highest BCUT2D eigenvalue weighted by Gasteiger charge is 2.15. The van der Waals surface area contributed by atoms with Gasteiger partial charge in [0.2, 0.25) is 10.0 Å². The topological polar surface area (TPSA) is 85.4 Å². The summed E-state index contributed by atoms with van der Waals surface area (Å²) in [6, 6.07) is 15.5. The van der Waals surface area contributed by atoms with Gasteiger partial charge in [-0.1, -0.05) is 48.0 Å². The molecule has 3 aromatic rings. The predicted molar refractivity (Wildman–Crippen MR) is 108 cm³/mol. The van der Waals surface area contributed by atoms with Crippen molar-refractivity contribution in [2.24, 2.45) is 0 Å². The van der Waals surface area contributed by atoms with Gasteiger partial charge in [0.25, 0.3) is 0 Å². The van der Waals surface area contributed by atoms with E-state index in [0.717, 1.165) is 16.5 Å². The lowest BCUT2D eigenvalue weighted by molar-refractivity contribution is -0.144. The minimum Gasteiger partial charge on any atom is -0.459 e. The monoisotopic (exact) mass is 418 g/mol. The fourth-order valence-electron chi connectivity index (χ4n) is 2.70. The average Bonchev–Trinajstić information content (AvgIpc) is 2.70. The van der Waals surface area contributed by atoms with Gasteiger partial charge in [-0.3, -0.25) is 4.79 Å². The number of aromatic nitrogens is 1. The molecule has 1 heterocycles. The minimum absolute atomic E-state index is 0.0615. The third-order valence-electron chi connectivity index (χ3n) is 4.19. The van der Waals surface area contributed by atoms with E-state index in [4.69, 9.17) is 16.3 Å². The number of fused-ring (bicyclic) bond motifs is 1. The van der Waals surface area contributed by atoms with Gasteiger partial charge in [-0.25, -0.2) is 18.1 Å². The molecule has 28 heavy (non-hydrogen) atoms. The van der Waals surface area contributed by atoms with Crippen molar-refractivity contribution in [2.75, 3.05) is 6.54 Å². The van der Waals surface area contributed by atoms with E-state index in [2.05, 4.69) is 9.71 Å². The van der Waals surface area contributed by atoms with Crippen LogP contribution >= 0.6 is 11.6 Å². The molecule has 0 bridgehead atoms. The molecule has 0 saturated heterocycles. The SMILES string of the molecule is Cc1c(Cl)c(COC(=O)CCNS(=O)(=O)c2ccccc2)nc2ccccc12. The second kappa shape index (κ2) is 8.68. The van der Waals surface area contributed by atoms with E-state index < -0.39 is 16.0 Å². The van der Waals surface area contributed by atoms with Crippen molar-refractivity contribution >= 4 is 38.5 Å². The standard InChI is InChI=1S/C20H19ClN2O4S/c1-14-16-9-5-6-10-17(16)23-18(20(14)21)13-27-19(24)11-12-22-28(25,26)15-7-3-2-4-8-15/h2-10,22H,11-13H2,1H3. The first-order valence-electron chi connectivity index (χ1n) is 8.62. The fourth-order valence-corrected chi connectivity index (χ4v) is 3.96. The molecule has 0 atom stereocenters. The van der Waals surface area contributed by atoms with Gasteiger partial charge >= 0.3 is 5.97 Å². The maximum atomic E-state index is 12.1. The zero-order valence-electron chi connectivity index (χ0n) is 15.2. The number of sulfonamides is 1. The van der Waals surface area contributed by atoms with Crippen molar-refractivity contribution in [1.29, 1.82) is 0 Å². The average molecular weight is 419 g/mol. The van der Waals surface area contributed by atoms with Gasteiger partial charge in [0.1, 0.15) is 6.61 Å². The summed E-state index contributed by atoms with van der Waals surface area (Å²) in [4.78, 5) is 16.6. The molecule has 2 aromatic carbocycles. The van der Waals surface area contributed by atoms with Crippen LogP contribution in [-0.4, -0.2) is 25.9 Å². The molecule has 1 N–H and O–H groups in total. The van der Waals surface area contributed by atoms with E-state index in [1.54, 1.807) is 18.2 Å². The summed E-state index contributed by atoms with van der Waals surface area (Å²) in [7, 11) is -3.65. The number of rotatable bonds is 7. The van der Waals surface area contributed by atoms with Gasteiger partial charge < -0.3 is 4.74 Å². The van der Waals surface area contributed by atoms with Crippen molar-refractivity contribution in [3.63, 3.8) is 0 Å². The van der Waals surface area contributed by atoms with Crippen molar-refractivity contribution in [1.82, 2.24) is 9.71 Å². The molecule has 3 rings (SSSR count). The maximum absolute atomic E-state index is 12.1. The summed E-state index contributed by atoms with van der Waals surface area (Å²) >= 11 is 6.34. The Morgan fingerprint density at radius 2 is 1.79 bits per heavy atom. The van der Waals surface area contributed by atoms with E-state index >= 15 is 0 Å². The number of halogens is 1. The number of pyridine rings is 1. The Morgan fingerprint density at radius 3 is 2.54 bits per heavy atom. The van der Waals surface area contributed by atoms with E-state index in [0.29, 0.717) is 10.7 Å². The molecule has 1 aromatic heterocycles. The van der Waals surface area contributed by atoms with Crippen LogP contribution in [0.15, 0.2) is 59.5 Å². The molecule has 8 heteroatoms. The molecule has 0 unspecified atom stereocenters. The molecular weight excluding hydrogens is 400 g/mol. The third-order valence-corrected chi connectivity index (χ3v) is 6.17. The highest BCUT2D eigenvalue weighted by molar-refractivity contribution is 7.89. The van der Waals surface area contributed by atoms with E-state index in [1.165, 1.54) is 12.1 Å². The lowest BCUT2D eigenvalue weighted by Gasteiger charge is -2.11. The lowest BCUT2D eigenvalue weighted by atomic mass is 10.1. The Morgan fingerprint density at radius 1 is 1.11 bits per heavy atom. The summed E-state index contributed by atoms with van der Waals surface area (Å²) in [5.41, 5.74) is 2.11. The van der Waals surface area contributed by atoms with Crippen LogP contribution in [0.3, 0.4) is 0 Å². The van der Waals surface area contributed by atoms with E-state index in [-0.39, 0.29) is 24.5 Å². The van der Waals surface area contributed by atoms with Crippen LogP contribution in [0.4, 0.5) is 0 Å². The number of aryl methyl sites for hydroxylation is 1. The van der Waals surface area contributed by atoms with Crippen molar-refractivity contribution in [3.8, 4) is 0 Å². The van der Waals surface area contributed by atoms with Crippen LogP contribution in [-0.2, 0) is 26.2 Å². The second-order valence-electron chi connectivity index (χ2n) is 6.14. The van der Waals surface area contributed by atoms with E-state index in [9.17, 15) is 13.2 Å². The molecule has 0 saturated carbocycles. The lowest BCUT2D eigenvalue weighted by Crippen LogP contribution is -2.26. The highest BCUT2D eigenvalue weighted by atomic mass is 35.5.